The predicted molar refractivity (Wildman–Crippen MR) is 69.6 cm³/mol. The molecule has 0 aliphatic rings. The number of allylic oxidation sites excluding steroid dienone is 1. The normalized spacial score (nSPS) is 13.4. The molecule has 2 nitrogen and oxygen atoms in total. The van der Waals surface area contributed by atoms with Crippen LogP contribution in [0.1, 0.15) is 71.1 Å². The van der Waals surface area contributed by atoms with E-state index in [0.717, 1.165) is 19.1 Å². The molecule has 2 heteroatoms. The lowest BCUT2D eigenvalue weighted by atomic mass is 10.1. The van der Waals surface area contributed by atoms with Gasteiger partial charge in [0.25, 0.3) is 0 Å². The van der Waals surface area contributed by atoms with E-state index in [-0.39, 0.29) is 6.10 Å². The Hall–Kier alpha value is -0.500. The summed E-state index contributed by atoms with van der Waals surface area (Å²) < 4.78 is 0. The molecule has 1 unspecified atom stereocenters. The average molecular weight is 228 g/mol. The van der Waals surface area contributed by atoms with E-state index >= 15 is 0 Å². The highest BCUT2D eigenvalue weighted by molar-refractivity contribution is 4.70. The number of rotatable bonds is 11. The first-order valence-electron chi connectivity index (χ1n) is 6.74. The van der Waals surface area contributed by atoms with Gasteiger partial charge in [-0.15, -0.1) is 0 Å². The molecule has 16 heavy (non-hydrogen) atoms. The van der Waals surface area contributed by atoms with Crippen molar-refractivity contribution in [2.45, 2.75) is 77.2 Å². The van der Waals surface area contributed by atoms with E-state index < -0.39 is 0 Å². The van der Waals surface area contributed by atoms with Crippen molar-refractivity contribution in [2.75, 3.05) is 0 Å². The van der Waals surface area contributed by atoms with Crippen LogP contribution >= 0.6 is 0 Å². The van der Waals surface area contributed by atoms with Gasteiger partial charge in [0.1, 0.15) is 0 Å². The van der Waals surface area contributed by atoms with E-state index in [9.17, 15) is 0 Å². The van der Waals surface area contributed by atoms with E-state index in [1.54, 1.807) is 0 Å². The number of aliphatic hydroxyl groups is 2. The topological polar surface area (TPSA) is 40.5 Å². The van der Waals surface area contributed by atoms with Crippen LogP contribution in [0.5, 0.6) is 0 Å². The monoisotopic (exact) mass is 228 g/mol. The third-order valence-electron chi connectivity index (χ3n) is 2.85. The molecule has 0 aromatic rings. The first-order valence-corrected chi connectivity index (χ1v) is 6.74. The van der Waals surface area contributed by atoms with Crippen LogP contribution in [-0.2, 0) is 0 Å². The van der Waals surface area contributed by atoms with Crippen LogP contribution in [0.3, 0.4) is 0 Å². The lowest BCUT2D eigenvalue weighted by Crippen LogP contribution is -1.98. The minimum atomic E-state index is -0.125. The molecular weight excluding hydrogens is 200 g/mol. The lowest BCUT2D eigenvalue weighted by molar-refractivity contribution is 0.180. The Balaban J connectivity index is 2.93. The fraction of sp³-hybridized carbons (Fsp3) is 0.857. The Morgan fingerprint density at radius 1 is 0.875 bits per heavy atom. The van der Waals surface area contributed by atoms with Crippen molar-refractivity contribution in [1.82, 2.24) is 0 Å². The largest absolute Gasteiger partial charge is 0.516 e. The zero-order valence-corrected chi connectivity index (χ0v) is 10.7. The van der Waals surface area contributed by atoms with Crippen LogP contribution in [0.4, 0.5) is 0 Å². The third-order valence-corrected chi connectivity index (χ3v) is 2.85. The quantitative estimate of drug-likeness (QED) is 0.408. The molecule has 0 amide bonds. The summed E-state index contributed by atoms with van der Waals surface area (Å²) in [7, 11) is 0. The molecule has 2 N–H and O–H groups in total. The summed E-state index contributed by atoms with van der Waals surface area (Å²) in [5.74, 6) is 0. The predicted octanol–water partition coefficient (Wildman–Crippen LogP) is 4.34. The minimum Gasteiger partial charge on any atom is -0.516 e. The summed E-state index contributed by atoms with van der Waals surface area (Å²) in [6.07, 6.45) is 15.0. The Kier molecular flexibility index (Phi) is 12.2. The van der Waals surface area contributed by atoms with Gasteiger partial charge in [-0.2, -0.15) is 0 Å². The Labute approximate surface area is 100 Å². The van der Waals surface area contributed by atoms with Crippen LogP contribution < -0.4 is 0 Å². The van der Waals surface area contributed by atoms with Gasteiger partial charge in [0.15, 0.2) is 0 Å². The summed E-state index contributed by atoms with van der Waals surface area (Å²) in [5.41, 5.74) is 0. The van der Waals surface area contributed by atoms with Crippen molar-refractivity contribution in [3.8, 4) is 0 Å². The second-order valence-electron chi connectivity index (χ2n) is 4.64. The van der Waals surface area contributed by atoms with E-state index in [1.807, 2.05) is 13.0 Å². The molecule has 0 aromatic carbocycles. The first-order chi connectivity index (χ1) is 7.77. The Bertz CT molecular complexity index is 153. The maximum atomic E-state index is 9.07. The van der Waals surface area contributed by atoms with Crippen LogP contribution in [0, 0.1) is 0 Å². The second kappa shape index (κ2) is 12.6. The van der Waals surface area contributed by atoms with Crippen LogP contribution in [-0.4, -0.2) is 16.3 Å². The van der Waals surface area contributed by atoms with Gasteiger partial charge in [-0.25, -0.2) is 0 Å². The highest BCUT2D eigenvalue weighted by Crippen LogP contribution is 2.11. The van der Waals surface area contributed by atoms with Crippen molar-refractivity contribution in [1.29, 1.82) is 0 Å². The highest BCUT2D eigenvalue weighted by Gasteiger charge is 1.95. The van der Waals surface area contributed by atoms with Gasteiger partial charge in [0.2, 0.25) is 0 Å². The van der Waals surface area contributed by atoms with Gasteiger partial charge in [-0.1, -0.05) is 51.0 Å². The molecule has 0 heterocycles. The van der Waals surface area contributed by atoms with Crippen molar-refractivity contribution < 1.29 is 10.2 Å². The van der Waals surface area contributed by atoms with E-state index in [0.29, 0.717) is 0 Å². The summed E-state index contributed by atoms with van der Waals surface area (Å²) in [4.78, 5) is 0. The van der Waals surface area contributed by atoms with Crippen LogP contribution in [0.2, 0.25) is 0 Å². The average Bonchev–Trinajstić information content (AvgIpc) is 2.25. The molecule has 96 valence electrons. The fourth-order valence-corrected chi connectivity index (χ4v) is 1.84. The zero-order chi connectivity index (χ0) is 12.1. The van der Waals surface area contributed by atoms with E-state index in [4.69, 9.17) is 10.2 Å². The first kappa shape index (κ1) is 15.5. The molecule has 0 aliphatic heterocycles. The maximum Gasteiger partial charge on any atom is 0.0751 e. The van der Waals surface area contributed by atoms with Gasteiger partial charge in [-0.3, -0.25) is 0 Å². The molecule has 0 fully saturated rings. The standard InChI is InChI=1S/C14H28O2/c1-14(16)12-10-8-6-4-2-3-5-7-9-11-13-15/h11,13-16H,2-10,12H2,1H3. The summed E-state index contributed by atoms with van der Waals surface area (Å²) in [6.45, 7) is 1.86. The third kappa shape index (κ3) is 13.5. The smallest absolute Gasteiger partial charge is 0.0751 e. The summed E-state index contributed by atoms with van der Waals surface area (Å²) in [6, 6.07) is 0. The summed E-state index contributed by atoms with van der Waals surface area (Å²) in [5, 5.41) is 17.5. The van der Waals surface area contributed by atoms with Gasteiger partial charge in [0.05, 0.1) is 12.4 Å². The van der Waals surface area contributed by atoms with Crippen molar-refractivity contribution in [3.63, 3.8) is 0 Å². The van der Waals surface area contributed by atoms with Crippen molar-refractivity contribution in [3.05, 3.63) is 12.3 Å². The molecule has 0 bridgehead atoms. The highest BCUT2D eigenvalue weighted by atomic mass is 16.3. The van der Waals surface area contributed by atoms with Crippen LogP contribution in [0.25, 0.3) is 0 Å². The molecule has 0 spiro atoms. The minimum absolute atomic E-state index is 0.125. The van der Waals surface area contributed by atoms with Gasteiger partial charge >= 0.3 is 0 Å². The number of hydrogen-bond donors (Lipinski definition) is 2. The fourth-order valence-electron chi connectivity index (χ4n) is 1.84. The molecule has 0 aliphatic carbocycles. The van der Waals surface area contributed by atoms with E-state index in [1.165, 1.54) is 51.4 Å². The number of aliphatic hydroxyl groups excluding tert-OH is 2. The van der Waals surface area contributed by atoms with Crippen molar-refractivity contribution >= 4 is 0 Å². The second-order valence-corrected chi connectivity index (χ2v) is 4.64. The van der Waals surface area contributed by atoms with E-state index in [2.05, 4.69) is 0 Å². The molecule has 0 rings (SSSR count). The van der Waals surface area contributed by atoms with Gasteiger partial charge in [-0.05, 0) is 26.2 Å². The molecular formula is C14H28O2. The number of hydrogen-bond acceptors (Lipinski definition) is 2. The molecule has 0 saturated heterocycles. The molecule has 0 aromatic heterocycles. The molecule has 1 atom stereocenters. The maximum absolute atomic E-state index is 9.07. The van der Waals surface area contributed by atoms with Crippen LogP contribution in [0.15, 0.2) is 12.3 Å². The Morgan fingerprint density at radius 3 is 1.88 bits per heavy atom. The van der Waals surface area contributed by atoms with Crippen molar-refractivity contribution in [2.24, 2.45) is 0 Å². The molecule has 0 saturated carbocycles. The SMILES string of the molecule is CC(O)CCCCCCCCCCC=CO. The number of unbranched alkanes of at least 4 members (excludes halogenated alkanes) is 8. The Morgan fingerprint density at radius 2 is 1.38 bits per heavy atom. The zero-order valence-electron chi connectivity index (χ0n) is 10.7. The van der Waals surface area contributed by atoms with Gasteiger partial charge < -0.3 is 10.2 Å². The molecule has 0 radical (unpaired) electrons. The van der Waals surface area contributed by atoms with Gasteiger partial charge in [0, 0.05) is 0 Å². The lowest BCUT2D eigenvalue weighted by Gasteiger charge is -2.03. The summed E-state index contributed by atoms with van der Waals surface area (Å²) >= 11 is 0.